The fourth-order valence-corrected chi connectivity index (χ4v) is 11.4. The molecule has 0 radical (unpaired) electrons. The maximum atomic E-state index is 6.85. The van der Waals surface area contributed by atoms with Crippen LogP contribution in [0.2, 0.25) is 0 Å². The molecular formula is C62H40N2O. The van der Waals surface area contributed by atoms with Gasteiger partial charge in [0.05, 0.1) is 27.8 Å². The molecule has 0 bridgehead atoms. The van der Waals surface area contributed by atoms with Gasteiger partial charge < -0.3 is 13.9 Å². The maximum Gasteiger partial charge on any atom is 0.137 e. The van der Waals surface area contributed by atoms with E-state index in [-0.39, 0.29) is 5.41 Å². The molecule has 0 saturated heterocycles. The average Bonchev–Trinajstić information content (AvgIpc) is 4.01. The summed E-state index contributed by atoms with van der Waals surface area (Å²) in [5.41, 5.74) is 22.1. The van der Waals surface area contributed by atoms with Crippen molar-refractivity contribution in [3.8, 4) is 50.2 Å². The van der Waals surface area contributed by atoms with E-state index in [0.717, 1.165) is 44.4 Å². The van der Waals surface area contributed by atoms with Crippen molar-refractivity contribution in [1.29, 1.82) is 0 Å². The first-order valence-electron chi connectivity index (χ1n) is 22.5. The SMILES string of the molecule is CC12c3ccccc3-c3cccc(c31)N(c1ccc(-c3ccccc3)cc1)c1c2ccc2oc3ccc(-c4ccc5c(c4)c4cc(-c6ccccc6)ccc4n5-c4ccccc4)cc3c12. The van der Waals surface area contributed by atoms with Crippen LogP contribution in [0.25, 0.3) is 93.9 Å². The lowest BCUT2D eigenvalue weighted by molar-refractivity contribution is 0.666. The van der Waals surface area contributed by atoms with Crippen LogP contribution in [0.5, 0.6) is 0 Å². The van der Waals surface area contributed by atoms with Crippen LogP contribution in [0.15, 0.2) is 229 Å². The molecule has 1 aliphatic carbocycles. The van der Waals surface area contributed by atoms with Gasteiger partial charge in [0.1, 0.15) is 11.2 Å². The summed E-state index contributed by atoms with van der Waals surface area (Å²) in [6.45, 7) is 2.43. The number of para-hydroxylation sites is 1. The second-order valence-corrected chi connectivity index (χ2v) is 17.8. The number of benzene rings is 10. The third-order valence-electron chi connectivity index (χ3n) is 14.4. The molecule has 304 valence electrons. The zero-order valence-corrected chi connectivity index (χ0v) is 35.7. The summed E-state index contributed by atoms with van der Waals surface area (Å²) in [4.78, 5) is 2.51. The van der Waals surface area contributed by atoms with E-state index in [9.17, 15) is 0 Å². The number of aromatic nitrogens is 1. The van der Waals surface area contributed by atoms with Gasteiger partial charge >= 0.3 is 0 Å². The highest BCUT2D eigenvalue weighted by atomic mass is 16.3. The van der Waals surface area contributed by atoms with Crippen LogP contribution < -0.4 is 4.90 Å². The molecule has 3 nitrogen and oxygen atoms in total. The minimum absolute atomic E-state index is 0.371. The second kappa shape index (κ2) is 13.6. The molecule has 10 aromatic carbocycles. The summed E-state index contributed by atoms with van der Waals surface area (Å²) >= 11 is 0. The predicted molar refractivity (Wildman–Crippen MR) is 270 cm³/mol. The van der Waals surface area contributed by atoms with Gasteiger partial charge in [-0.3, -0.25) is 0 Å². The second-order valence-electron chi connectivity index (χ2n) is 17.8. The normalized spacial score (nSPS) is 14.9. The van der Waals surface area contributed by atoms with Crippen LogP contribution in [0.4, 0.5) is 17.1 Å². The smallest absolute Gasteiger partial charge is 0.137 e. The average molecular weight is 829 g/mol. The molecule has 0 fully saturated rings. The molecule has 0 spiro atoms. The number of rotatable bonds is 5. The summed E-state index contributed by atoms with van der Waals surface area (Å²) in [5, 5.41) is 4.68. The Balaban J connectivity index is 1.00. The number of furan rings is 1. The quantitative estimate of drug-likeness (QED) is 0.172. The molecule has 1 atom stereocenters. The van der Waals surface area contributed by atoms with E-state index in [2.05, 4.69) is 241 Å². The van der Waals surface area contributed by atoms with Crippen molar-refractivity contribution in [3.63, 3.8) is 0 Å². The highest BCUT2D eigenvalue weighted by molar-refractivity contribution is 6.18. The summed E-state index contributed by atoms with van der Waals surface area (Å²) < 4.78 is 9.25. The molecular weight excluding hydrogens is 789 g/mol. The molecule has 3 heterocycles. The van der Waals surface area contributed by atoms with Crippen molar-refractivity contribution in [2.75, 3.05) is 4.90 Å². The van der Waals surface area contributed by atoms with Crippen LogP contribution in [0, 0.1) is 0 Å². The van der Waals surface area contributed by atoms with Gasteiger partial charge in [-0.05, 0) is 141 Å². The van der Waals surface area contributed by atoms with Gasteiger partial charge in [0.2, 0.25) is 0 Å². The van der Waals surface area contributed by atoms with Gasteiger partial charge in [0.25, 0.3) is 0 Å². The van der Waals surface area contributed by atoms with E-state index in [4.69, 9.17) is 4.42 Å². The van der Waals surface area contributed by atoms with Crippen molar-refractivity contribution >= 4 is 60.8 Å². The van der Waals surface area contributed by atoms with E-state index in [1.807, 2.05) is 0 Å². The zero-order chi connectivity index (χ0) is 42.8. The van der Waals surface area contributed by atoms with Crippen molar-refractivity contribution < 1.29 is 4.42 Å². The molecule has 12 aromatic rings. The van der Waals surface area contributed by atoms with E-state index < -0.39 is 0 Å². The number of anilines is 3. The first kappa shape index (κ1) is 36.1. The predicted octanol–water partition coefficient (Wildman–Crippen LogP) is 16.8. The molecule has 0 amide bonds. The fourth-order valence-electron chi connectivity index (χ4n) is 11.4. The van der Waals surface area contributed by atoms with Gasteiger partial charge in [-0.15, -0.1) is 0 Å². The number of nitrogens with zero attached hydrogens (tertiary/aromatic N) is 2. The largest absolute Gasteiger partial charge is 0.456 e. The van der Waals surface area contributed by atoms with Crippen LogP contribution in [-0.2, 0) is 5.41 Å². The fraction of sp³-hybridized carbons (Fsp3) is 0.0323. The lowest BCUT2D eigenvalue weighted by Crippen LogP contribution is -2.32. The summed E-state index contributed by atoms with van der Waals surface area (Å²) in [6.07, 6.45) is 0. The molecule has 3 heteroatoms. The van der Waals surface area contributed by atoms with Gasteiger partial charge in [0.15, 0.2) is 0 Å². The Morgan fingerprint density at radius 1 is 0.385 bits per heavy atom. The zero-order valence-electron chi connectivity index (χ0n) is 35.7. The molecule has 14 rings (SSSR count). The van der Waals surface area contributed by atoms with E-state index in [0.29, 0.717) is 0 Å². The summed E-state index contributed by atoms with van der Waals surface area (Å²) in [6, 6.07) is 82.1. The van der Waals surface area contributed by atoms with Crippen LogP contribution >= 0.6 is 0 Å². The third-order valence-corrected chi connectivity index (χ3v) is 14.4. The van der Waals surface area contributed by atoms with E-state index in [1.165, 1.54) is 83.3 Å². The lowest BCUT2D eigenvalue weighted by atomic mass is 9.70. The molecule has 1 aliphatic heterocycles. The Morgan fingerprint density at radius 3 is 1.63 bits per heavy atom. The monoisotopic (exact) mass is 828 g/mol. The highest BCUT2D eigenvalue weighted by Crippen LogP contribution is 2.64. The highest BCUT2D eigenvalue weighted by Gasteiger charge is 2.49. The van der Waals surface area contributed by atoms with E-state index >= 15 is 0 Å². The summed E-state index contributed by atoms with van der Waals surface area (Å²) in [7, 11) is 0. The first-order chi connectivity index (χ1) is 32.1. The molecule has 0 N–H and O–H groups in total. The Morgan fingerprint density at radius 2 is 0.923 bits per heavy atom. The Kier molecular flexibility index (Phi) is 7.53. The molecule has 65 heavy (non-hydrogen) atoms. The maximum absolute atomic E-state index is 6.85. The summed E-state index contributed by atoms with van der Waals surface area (Å²) in [5.74, 6) is 0. The van der Waals surface area contributed by atoms with Gasteiger partial charge in [-0.2, -0.15) is 0 Å². The molecule has 2 aliphatic rings. The minimum atomic E-state index is -0.371. The molecule has 2 aromatic heterocycles. The topological polar surface area (TPSA) is 21.3 Å². The van der Waals surface area contributed by atoms with Gasteiger partial charge in [-0.1, -0.05) is 152 Å². The van der Waals surface area contributed by atoms with Crippen LogP contribution in [-0.4, -0.2) is 4.57 Å². The Bertz CT molecular complexity index is 3880. The standard InChI is InChI=1S/C62H40N2O/c1-62-52-22-12-11-20-47(52)48-21-13-23-56(60(48)62)64(46-29-24-41(25-30-46)39-14-5-2-6-15-39)61-53(62)31-35-58-59(61)51-38-44(28-34-57(51)65-58)43-27-33-55-50(37-43)49-36-42(40-16-7-3-8-17-40)26-32-54(49)63(55)45-18-9-4-10-19-45/h2-38H,1H3. The van der Waals surface area contributed by atoms with Crippen LogP contribution in [0.3, 0.4) is 0 Å². The number of fused-ring (bicyclic) bond motifs is 12. The molecule has 1 unspecified atom stereocenters. The van der Waals surface area contributed by atoms with Crippen molar-refractivity contribution in [3.05, 3.63) is 241 Å². The van der Waals surface area contributed by atoms with E-state index in [1.54, 1.807) is 0 Å². The van der Waals surface area contributed by atoms with Crippen molar-refractivity contribution in [1.82, 2.24) is 4.57 Å². The Hall–Kier alpha value is -8.40. The third kappa shape index (κ3) is 5.12. The Labute approximate surface area is 376 Å². The van der Waals surface area contributed by atoms with Crippen LogP contribution in [0.1, 0.15) is 23.6 Å². The van der Waals surface area contributed by atoms with Crippen molar-refractivity contribution in [2.24, 2.45) is 0 Å². The number of hydrogen-bond acceptors (Lipinski definition) is 2. The number of hydrogen-bond donors (Lipinski definition) is 0. The molecule has 0 saturated carbocycles. The van der Waals surface area contributed by atoms with Gasteiger partial charge in [0, 0.05) is 32.9 Å². The minimum Gasteiger partial charge on any atom is -0.456 e. The van der Waals surface area contributed by atoms with Crippen molar-refractivity contribution in [2.45, 2.75) is 12.3 Å². The van der Waals surface area contributed by atoms with Gasteiger partial charge in [-0.25, -0.2) is 0 Å². The first-order valence-corrected chi connectivity index (χ1v) is 22.5. The lowest BCUT2D eigenvalue weighted by Gasteiger charge is -2.42.